The molecule has 0 spiro atoms. The van der Waals surface area contributed by atoms with Gasteiger partial charge in [-0.1, -0.05) is 0 Å². The number of hydrogen-bond acceptors (Lipinski definition) is 0. The Morgan fingerprint density at radius 2 is 0.333 bits per heavy atom. The molecule has 6 heteroatoms. The summed E-state index contributed by atoms with van der Waals surface area (Å²) in [5, 5.41) is 0. The molecule has 0 aromatic rings. The van der Waals surface area contributed by atoms with Gasteiger partial charge < -0.3 is 0 Å². The van der Waals surface area contributed by atoms with Gasteiger partial charge in [0.05, 0.1) is 0 Å². The minimum absolute atomic E-state index is 0. The van der Waals surface area contributed by atoms with E-state index in [4.69, 9.17) is 0 Å². The first-order chi connectivity index (χ1) is 0. The number of hydrogen-bond donors (Lipinski definition) is 0. The molecule has 0 bridgehead atoms. The molecule has 4 radical (unpaired) electrons. The summed E-state index contributed by atoms with van der Waals surface area (Å²) in [6.07, 6.45) is 0. The van der Waals surface area contributed by atoms with E-state index in [0.29, 0.717) is 0 Å². The quantitative estimate of drug-likeness (QED) is 0.525. The van der Waals surface area contributed by atoms with E-state index in [0.717, 1.165) is 0 Å². The molecule has 0 aromatic heterocycles. The Morgan fingerprint density at radius 3 is 0.333 bits per heavy atom. The SMILES string of the molecule is [Cu].[Cu].[Cu].[Cu].[Ni].[Ni]. The van der Waals surface area contributed by atoms with Gasteiger partial charge in [0.25, 0.3) is 0 Å². The van der Waals surface area contributed by atoms with E-state index >= 15 is 0 Å². The number of rotatable bonds is 0. The van der Waals surface area contributed by atoms with Crippen molar-refractivity contribution in [2.75, 3.05) is 0 Å². The zero-order valence-electron chi connectivity index (χ0n) is 1.84. The van der Waals surface area contributed by atoms with Crippen LogP contribution < -0.4 is 0 Å². The van der Waals surface area contributed by atoms with Crippen LogP contribution in [-0.2, 0) is 101 Å². The molecule has 0 unspecified atom stereocenters. The molecule has 0 aliphatic rings. The molecule has 0 aromatic carbocycles. The zero-order valence-corrected chi connectivity index (χ0v) is 7.58. The van der Waals surface area contributed by atoms with E-state index < -0.39 is 0 Å². The second-order valence-corrected chi connectivity index (χ2v) is 0. The summed E-state index contributed by atoms with van der Waals surface area (Å²) in [5.41, 5.74) is 0. The van der Waals surface area contributed by atoms with Gasteiger partial charge in [-0.3, -0.25) is 0 Å². The smallest absolute Gasteiger partial charge is 0 e. The Bertz CT molecular complexity index is 5.51. The molecule has 0 saturated heterocycles. The topological polar surface area (TPSA) is 0 Å². The van der Waals surface area contributed by atoms with Gasteiger partial charge in [-0.2, -0.15) is 0 Å². The van der Waals surface area contributed by atoms with Crippen LogP contribution in [0.3, 0.4) is 0 Å². The van der Waals surface area contributed by atoms with E-state index in [1.807, 2.05) is 0 Å². The van der Waals surface area contributed by atoms with Crippen LogP contribution in [0.2, 0.25) is 0 Å². The van der Waals surface area contributed by atoms with Crippen molar-refractivity contribution in [1.82, 2.24) is 0 Å². The first-order valence-corrected chi connectivity index (χ1v) is 0. The van der Waals surface area contributed by atoms with Crippen LogP contribution in [0.15, 0.2) is 0 Å². The summed E-state index contributed by atoms with van der Waals surface area (Å²) >= 11 is 0. The maximum atomic E-state index is 0. The van der Waals surface area contributed by atoms with Gasteiger partial charge in [-0.25, -0.2) is 0 Å². The first-order valence-electron chi connectivity index (χ1n) is 0. The van der Waals surface area contributed by atoms with Crippen molar-refractivity contribution < 1.29 is 101 Å². The molecule has 0 heterocycles. The molecule has 0 saturated carbocycles. The van der Waals surface area contributed by atoms with Crippen molar-refractivity contribution in [3.05, 3.63) is 0 Å². The zero-order chi connectivity index (χ0) is 0. The summed E-state index contributed by atoms with van der Waals surface area (Å²) in [6, 6.07) is 0. The average molecular weight is 372 g/mol. The molecule has 0 N–H and O–H groups in total. The molecule has 0 aliphatic heterocycles. The van der Waals surface area contributed by atoms with Crippen LogP contribution in [-0.4, -0.2) is 0 Å². The monoisotopic (exact) mass is 368 g/mol. The predicted molar refractivity (Wildman–Crippen MR) is 0 cm³/mol. The molecule has 6 heavy (non-hydrogen) atoms. The second-order valence-electron chi connectivity index (χ2n) is 0. The molecule has 0 nitrogen and oxygen atoms in total. The largest absolute Gasteiger partial charge is 0 e. The van der Waals surface area contributed by atoms with Crippen molar-refractivity contribution in [2.45, 2.75) is 0 Å². The van der Waals surface area contributed by atoms with Gasteiger partial charge in [-0.15, -0.1) is 0 Å². The van der Waals surface area contributed by atoms with E-state index in [9.17, 15) is 0 Å². The molecular formula is Cu4Ni2. The molecular weight excluding hydrogens is 372 g/mol. The Balaban J connectivity index is 0. The van der Waals surface area contributed by atoms with Crippen LogP contribution in [0, 0.1) is 0 Å². The second kappa shape index (κ2) is 42.9. The van der Waals surface area contributed by atoms with Crippen LogP contribution in [0.25, 0.3) is 0 Å². The van der Waals surface area contributed by atoms with E-state index in [2.05, 4.69) is 0 Å². The molecule has 0 atom stereocenters. The molecule has 0 amide bonds. The predicted octanol–water partition coefficient (Wildman–Crippen LogP) is -0.0150. The van der Waals surface area contributed by atoms with Crippen molar-refractivity contribution in [2.24, 2.45) is 0 Å². The normalized spacial score (nSPS) is 0. The Labute approximate surface area is 99.8 Å². The fourth-order valence-electron chi connectivity index (χ4n) is 0. The summed E-state index contributed by atoms with van der Waals surface area (Å²) in [7, 11) is 0. The van der Waals surface area contributed by atoms with Crippen LogP contribution in [0.1, 0.15) is 0 Å². The van der Waals surface area contributed by atoms with Crippen molar-refractivity contribution in [3.8, 4) is 0 Å². The van der Waals surface area contributed by atoms with Gasteiger partial charge in [-0.05, 0) is 0 Å². The summed E-state index contributed by atoms with van der Waals surface area (Å²) < 4.78 is 0. The first kappa shape index (κ1) is 62.8. The van der Waals surface area contributed by atoms with Gasteiger partial charge >= 0.3 is 0 Å². The van der Waals surface area contributed by atoms with Crippen LogP contribution in [0.4, 0.5) is 0 Å². The van der Waals surface area contributed by atoms with Crippen LogP contribution >= 0.6 is 0 Å². The maximum Gasteiger partial charge on any atom is 0 e. The van der Waals surface area contributed by atoms with E-state index in [1.54, 1.807) is 0 Å². The van der Waals surface area contributed by atoms with Gasteiger partial charge in [0, 0.05) is 101 Å². The molecule has 0 aliphatic carbocycles. The van der Waals surface area contributed by atoms with Crippen LogP contribution in [0.5, 0.6) is 0 Å². The summed E-state index contributed by atoms with van der Waals surface area (Å²) in [4.78, 5) is 0. The van der Waals surface area contributed by atoms with Crippen molar-refractivity contribution in [1.29, 1.82) is 0 Å². The maximum absolute atomic E-state index is 0. The molecule has 0 fully saturated rings. The molecule has 64 valence electrons. The van der Waals surface area contributed by atoms with Gasteiger partial charge in [0.1, 0.15) is 0 Å². The van der Waals surface area contributed by atoms with Gasteiger partial charge in [0.15, 0.2) is 0 Å². The third kappa shape index (κ3) is 27.7. The third-order valence-electron chi connectivity index (χ3n) is 0. The Kier molecular flexibility index (Phi) is 448. The minimum atomic E-state index is 0. The van der Waals surface area contributed by atoms with Gasteiger partial charge in [0.2, 0.25) is 0 Å². The minimum Gasteiger partial charge on any atom is 0 e. The standard InChI is InChI=1S/4Cu.2Ni. The van der Waals surface area contributed by atoms with Crippen molar-refractivity contribution >= 4 is 0 Å². The van der Waals surface area contributed by atoms with Crippen molar-refractivity contribution in [3.63, 3.8) is 0 Å². The van der Waals surface area contributed by atoms with E-state index in [-0.39, 0.29) is 101 Å². The summed E-state index contributed by atoms with van der Waals surface area (Å²) in [5.74, 6) is 0. The third-order valence-corrected chi connectivity index (χ3v) is 0. The molecule has 0 rings (SSSR count). The fourth-order valence-corrected chi connectivity index (χ4v) is 0. The Morgan fingerprint density at radius 1 is 0.333 bits per heavy atom. The Hall–Kier alpha value is 3.06. The summed E-state index contributed by atoms with van der Waals surface area (Å²) in [6.45, 7) is 0. The fraction of sp³-hybridized carbons (Fsp3) is 0. The average Bonchev–Trinajstić information content (AvgIpc) is 0. The van der Waals surface area contributed by atoms with E-state index in [1.165, 1.54) is 0 Å².